The van der Waals surface area contributed by atoms with Gasteiger partial charge in [-0.1, -0.05) is 0 Å². The van der Waals surface area contributed by atoms with E-state index in [1.54, 1.807) is 25.4 Å². The number of halogens is 1. The van der Waals surface area contributed by atoms with E-state index in [0.717, 1.165) is 17.3 Å². The summed E-state index contributed by atoms with van der Waals surface area (Å²) in [6.07, 6.45) is 3.41. The van der Waals surface area contributed by atoms with Crippen LogP contribution in [0.1, 0.15) is 23.3 Å². The topological polar surface area (TPSA) is 60.5 Å². The molecule has 5 nitrogen and oxygen atoms in total. The largest absolute Gasteiger partial charge is 0.382 e. The van der Waals surface area contributed by atoms with E-state index in [9.17, 15) is 4.79 Å². The first-order valence-corrected chi connectivity index (χ1v) is 7.00. The lowest BCUT2D eigenvalue weighted by molar-refractivity contribution is 0.0686. The van der Waals surface area contributed by atoms with Crippen LogP contribution in [0.25, 0.3) is 0 Å². The smallest absolute Gasteiger partial charge is 0.269 e. The number of carbonyl (C=O) groups is 1. The molecule has 1 heterocycles. The van der Waals surface area contributed by atoms with Crippen LogP contribution in [-0.2, 0) is 9.47 Å². The molecule has 1 N–H and O–H groups in total. The normalized spacial score (nSPS) is 10.4. The number of hydrogen-bond donors (Lipinski definition) is 1. The van der Waals surface area contributed by atoms with Crippen LogP contribution in [0.15, 0.2) is 22.8 Å². The van der Waals surface area contributed by atoms with Gasteiger partial charge in [0.15, 0.2) is 0 Å². The van der Waals surface area contributed by atoms with Crippen molar-refractivity contribution in [1.82, 2.24) is 10.3 Å². The molecule has 0 spiro atoms. The van der Waals surface area contributed by atoms with Gasteiger partial charge in [-0.15, -0.1) is 0 Å². The SMILES string of the molecule is COCCOCCCCNC(=O)c1ccc(Br)cn1. The summed E-state index contributed by atoms with van der Waals surface area (Å²) in [5.41, 5.74) is 0.430. The second kappa shape index (κ2) is 9.89. The lowest BCUT2D eigenvalue weighted by Gasteiger charge is -2.05. The van der Waals surface area contributed by atoms with Crippen LogP contribution in [0.3, 0.4) is 0 Å². The summed E-state index contributed by atoms with van der Waals surface area (Å²) in [7, 11) is 1.65. The number of ether oxygens (including phenoxy) is 2. The van der Waals surface area contributed by atoms with E-state index in [0.29, 0.717) is 32.1 Å². The zero-order valence-corrected chi connectivity index (χ0v) is 12.6. The van der Waals surface area contributed by atoms with Crippen LogP contribution in [0.2, 0.25) is 0 Å². The summed E-state index contributed by atoms with van der Waals surface area (Å²) >= 11 is 3.28. The van der Waals surface area contributed by atoms with Crippen molar-refractivity contribution in [1.29, 1.82) is 0 Å². The molecular formula is C13H19BrN2O3. The Balaban J connectivity index is 2.06. The molecule has 1 amide bonds. The number of hydrogen-bond acceptors (Lipinski definition) is 4. The highest BCUT2D eigenvalue weighted by atomic mass is 79.9. The van der Waals surface area contributed by atoms with Gasteiger partial charge in [-0.3, -0.25) is 4.79 Å². The van der Waals surface area contributed by atoms with Crippen LogP contribution in [0.5, 0.6) is 0 Å². The molecule has 0 bridgehead atoms. The van der Waals surface area contributed by atoms with Crippen molar-refractivity contribution in [3.8, 4) is 0 Å². The number of methoxy groups -OCH3 is 1. The van der Waals surface area contributed by atoms with E-state index in [-0.39, 0.29) is 5.91 Å². The van der Waals surface area contributed by atoms with Crippen molar-refractivity contribution < 1.29 is 14.3 Å². The van der Waals surface area contributed by atoms with Crippen LogP contribution >= 0.6 is 15.9 Å². The Bertz CT molecular complexity index is 371. The molecule has 0 unspecified atom stereocenters. The number of pyridine rings is 1. The lowest BCUT2D eigenvalue weighted by atomic mass is 10.3. The Morgan fingerprint density at radius 3 is 2.84 bits per heavy atom. The van der Waals surface area contributed by atoms with Gasteiger partial charge in [-0.25, -0.2) is 4.98 Å². The van der Waals surface area contributed by atoms with Gasteiger partial charge >= 0.3 is 0 Å². The predicted molar refractivity (Wildman–Crippen MR) is 76.2 cm³/mol. The third-order valence-corrected chi connectivity index (χ3v) is 2.86. The minimum absolute atomic E-state index is 0.146. The molecular weight excluding hydrogens is 312 g/mol. The molecule has 0 atom stereocenters. The van der Waals surface area contributed by atoms with Gasteiger partial charge in [-0.2, -0.15) is 0 Å². The Morgan fingerprint density at radius 2 is 2.16 bits per heavy atom. The Hall–Kier alpha value is -0.980. The molecule has 1 aromatic rings. The van der Waals surface area contributed by atoms with Crippen molar-refractivity contribution in [2.75, 3.05) is 33.5 Å². The molecule has 0 saturated carbocycles. The van der Waals surface area contributed by atoms with E-state index >= 15 is 0 Å². The third kappa shape index (κ3) is 7.25. The number of rotatable bonds is 9. The van der Waals surface area contributed by atoms with Crippen molar-refractivity contribution in [3.63, 3.8) is 0 Å². The number of unbranched alkanes of at least 4 members (excludes halogenated alkanes) is 1. The van der Waals surface area contributed by atoms with E-state index < -0.39 is 0 Å². The number of carbonyl (C=O) groups excluding carboxylic acids is 1. The van der Waals surface area contributed by atoms with Crippen molar-refractivity contribution in [3.05, 3.63) is 28.5 Å². The average Bonchev–Trinajstić information content (AvgIpc) is 2.42. The van der Waals surface area contributed by atoms with E-state index in [1.807, 2.05) is 0 Å². The third-order valence-electron chi connectivity index (χ3n) is 2.39. The Morgan fingerprint density at radius 1 is 1.32 bits per heavy atom. The number of nitrogens with one attached hydrogen (secondary N) is 1. The molecule has 0 saturated heterocycles. The van der Waals surface area contributed by atoms with Gasteiger partial charge in [-0.05, 0) is 40.9 Å². The van der Waals surface area contributed by atoms with Gasteiger partial charge in [0.25, 0.3) is 5.91 Å². The van der Waals surface area contributed by atoms with E-state index in [1.165, 1.54) is 0 Å². The van der Waals surface area contributed by atoms with Gasteiger partial charge in [0.05, 0.1) is 13.2 Å². The molecule has 1 aromatic heterocycles. The molecule has 19 heavy (non-hydrogen) atoms. The highest BCUT2D eigenvalue weighted by Crippen LogP contribution is 2.07. The molecule has 0 aliphatic heterocycles. The number of nitrogens with zero attached hydrogens (tertiary/aromatic N) is 1. The fourth-order valence-electron chi connectivity index (χ4n) is 1.38. The molecule has 0 aliphatic rings. The van der Waals surface area contributed by atoms with Crippen molar-refractivity contribution >= 4 is 21.8 Å². The second-order valence-corrected chi connectivity index (χ2v) is 4.85. The van der Waals surface area contributed by atoms with Crippen LogP contribution < -0.4 is 5.32 Å². The minimum Gasteiger partial charge on any atom is -0.382 e. The van der Waals surface area contributed by atoms with Gasteiger partial charge < -0.3 is 14.8 Å². The fourth-order valence-corrected chi connectivity index (χ4v) is 1.61. The second-order valence-electron chi connectivity index (χ2n) is 3.93. The maximum atomic E-state index is 11.7. The molecule has 6 heteroatoms. The lowest BCUT2D eigenvalue weighted by Crippen LogP contribution is -2.25. The maximum Gasteiger partial charge on any atom is 0.269 e. The predicted octanol–water partition coefficient (Wildman–Crippen LogP) is 2.02. The first-order valence-electron chi connectivity index (χ1n) is 6.20. The zero-order chi connectivity index (χ0) is 13.9. The summed E-state index contributed by atoms with van der Waals surface area (Å²) in [6, 6.07) is 3.48. The first-order chi connectivity index (χ1) is 9.24. The van der Waals surface area contributed by atoms with Crippen molar-refractivity contribution in [2.45, 2.75) is 12.8 Å². The molecule has 106 valence electrons. The van der Waals surface area contributed by atoms with Crippen LogP contribution in [0.4, 0.5) is 0 Å². The minimum atomic E-state index is -0.146. The van der Waals surface area contributed by atoms with Gasteiger partial charge in [0.2, 0.25) is 0 Å². The monoisotopic (exact) mass is 330 g/mol. The molecule has 0 aliphatic carbocycles. The average molecular weight is 331 g/mol. The summed E-state index contributed by atoms with van der Waals surface area (Å²) in [6.45, 7) is 2.55. The summed E-state index contributed by atoms with van der Waals surface area (Å²) < 4.78 is 11.0. The number of aromatic nitrogens is 1. The quantitative estimate of drug-likeness (QED) is 0.704. The number of amides is 1. The maximum absolute atomic E-state index is 11.7. The molecule has 0 fully saturated rings. The highest BCUT2D eigenvalue weighted by Gasteiger charge is 2.05. The highest BCUT2D eigenvalue weighted by molar-refractivity contribution is 9.10. The Kier molecular flexibility index (Phi) is 8.36. The van der Waals surface area contributed by atoms with E-state index in [4.69, 9.17) is 9.47 Å². The summed E-state index contributed by atoms with van der Waals surface area (Å²) in [4.78, 5) is 15.7. The summed E-state index contributed by atoms with van der Waals surface area (Å²) in [5.74, 6) is -0.146. The fraction of sp³-hybridized carbons (Fsp3) is 0.538. The standard InChI is InChI=1S/C13H19BrN2O3/c1-18-8-9-19-7-3-2-6-15-13(17)12-5-4-11(14)10-16-12/h4-5,10H,2-3,6-9H2,1H3,(H,15,17). The van der Waals surface area contributed by atoms with Gasteiger partial charge in [0.1, 0.15) is 5.69 Å². The zero-order valence-electron chi connectivity index (χ0n) is 11.0. The molecule has 0 aromatic carbocycles. The summed E-state index contributed by atoms with van der Waals surface area (Å²) in [5, 5.41) is 2.82. The van der Waals surface area contributed by atoms with Crippen molar-refractivity contribution in [2.24, 2.45) is 0 Å². The molecule has 0 radical (unpaired) electrons. The van der Waals surface area contributed by atoms with Gasteiger partial charge in [0, 0.05) is 30.9 Å². The first kappa shape index (κ1) is 16.1. The van der Waals surface area contributed by atoms with E-state index in [2.05, 4.69) is 26.2 Å². The Labute approximate surface area is 121 Å². The van der Waals surface area contributed by atoms with Crippen LogP contribution in [0, 0.1) is 0 Å². The van der Waals surface area contributed by atoms with Crippen LogP contribution in [-0.4, -0.2) is 44.4 Å². The molecule has 1 rings (SSSR count).